The highest BCUT2D eigenvalue weighted by molar-refractivity contribution is 5.17. The van der Waals surface area contributed by atoms with E-state index in [1.165, 1.54) is 0 Å². The number of hydrogen-bond donors (Lipinski definition) is 0. The Morgan fingerprint density at radius 2 is 0.902 bits per heavy atom. The van der Waals surface area contributed by atoms with Crippen LogP contribution < -0.4 is 0 Å². The van der Waals surface area contributed by atoms with E-state index in [-0.39, 0.29) is 6.10 Å². The largest absolute Gasteiger partial charge is 0.374 e. The Labute approximate surface area is 243 Å². The number of ether oxygens (including phenoxy) is 5. The average molecular weight is 551 g/mol. The lowest BCUT2D eigenvalue weighted by molar-refractivity contribution is -0.263. The van der Waals surface area contributed by atoms with Crippen molar-refractivity contribution < 1.29 is 23.7 Å². The molecule has 1 heterocycles. The van der Waals surface area contributed by atoms with E-state index < -0.39 is 24.4 Å². The van der Waals surface area contributed by atoms with Crippen molar-refractivity contribution in [1.82, 2.24) is 0 Å². The summed E-state index contributed by atoms with van der Waals surface area (Å²) in [5.74, 6) is 0. The zero-order valence-electron chi connectivity index (χ0n) is 23.3. The first-order valence-corrected chi connectivity index (χ1v) is 14.2. The standard InChI is InChI=1S/C36H38O5/c1-2-32-34(38-24-29-17-9-4-10-18-29)36(40-26-31-21-13-6-14-22-31)35(39-25-30-19-11-5-12-20-30)33(41-32)27-37-23-28-15-7-3-8-16-28/h2-22,32-36H,1,23-27H2/t32-,33+,34-,35+,36+/m0/s1. The SMILES string of the molecule is C=C[C@@H]1O[C@H](COCc2ccccc2)[C@@H](OCc2ccccc2)[C@H](OCc2ccccc2)[C@H]1OCc1ccccc1. The monoisotopic (exact) mass is 550 g/mol. The third-order valence-corrected chi connectivity index (χ3v) is 7.15. The van der Waals surface area contributed by atoms with Crippen LogP contribution in [0.5, 0.6) is 0 Å². The highest BCUT2D eigenvalue weighted by atomic mass is 16.6. The maximum Gasteiger partial charge on any atom is 0.116 e. The van der Waals surface area contributed by atoms with Crippen LogP contribution in [0, 0.1) is 0 Å². The fraction of sp³-hybridized carbons (Fsp3) is 0.278. The van der Waals surface area contributed by atoms with Crippen molar-refractivity contribution in [2.45, 2.75) is 56.9 Å². The lowest BCUT2D eigenvalue weighted by Crippen LogP contribution is -2.60. The molecule has 0 aliphatic carbocycles. The van der Waals surface area contributed by atoms with Crippen molar-refractivity contribution in [3.63, 3.8) is 0 Å². The summed E-state index contributed by atoms with van der Waals surface area (Å²) in [4.78, 5) is 0. The van der Waals surface area contributed by atoms with Crippen LogP contribution in [-0.2, 0) is 50.1 Å². The van der Waals surface area contributed by atoms with Crippen LogP contribution in [0.4, 0.5) is 0 Å². The smallest absolute Gasteiger partial charge is 0.116 e. The predicted molar refractivity (Wildman–Crippen MR) is 160 cm³/mol. The summed E-state index contributed by atoms with van der Waals surface area (Å²) in [6, 6.07) is 40.5. The lowest BCUT2D eigenvalue weighted by Gasteiger charge is -2.45. The summed E-state index contributed by atoms with van der Waals surface area (Å²) in [5, 5.41) is 0. The Balaban J connectivity index is 1.39. The fourth-order valence-electron chi connectivity index (χ4n) is 5.01. The number of hydrogen-bond acceptors (Lipinski definition) is 5. The highest BCUT2D eigenvalue weighted by Crippen LogP contribution is 2.31. The van der Waals surface area contributed by atoms with E-state index in [0.29, 0.717) is 33.0 Å². The summed E-state index contributed by atoms with van der Waals surface area (Å²) < 4.78 is 32.6. The van der Waals surface area contributed by atoms with E-state index in [2.05, 4.69) is 55.1 Å². The van der Waals surface area contributed by atoms with Gasteiger partial charge in [-0.15, -0.1) is 6.58 Å². The van der Waals surface area contributed by atoms with Crippen LogP contribution in [-0.4, -0.2) is 37.1 Å². The molecule has 0 unspecified atom stereocenters. The second kappa shape index (κ2) is 15.4. The Kier molecular flexibility index (Phi) is 10.9. The molecule has 1 fully saturated rings. The van der Waals surface area contributed by atoms with Crippen LogP contribution >= 0.6 is 0 Å². The van der Waals surface area contributed by atoms with Crippen molar-refractivity contribution in [1.29, 1.82) is 0 Å². The van der Waals surface area contributed by atoms with E-state index >= 15 is 0 Å². The van der Waals surface area contributed by atoms with Crippen LogP contribution in [0.3, 0.4) is 0 Å². The van der Waals surface area contributed by atoms with Gasteiger partial charge in [0.15, 0.2) is 0 Å². The Morgan fingerprint density at radius 1 is 0.512 bits per heavy atom. The molecule has 1 aliphatic rings. The van der Waals surface area contributed by atoms with Crippen LogP contribution in [0.15, 0.2) is 134 Å². The van der Waals surface area contributed by atoms with Gasteiger partial charge in [-0.2, -0.15) is 0 Å². The van der Waals surface area contributed by atoms with Gasteiger partial charge in [0.25, 0.3) is 0 Å². The van der Waals surface area contributed by atoms with Gasteiger partial charge in [-0.3, -0.25) is 0 Å². The van der Waals surface area contributed by atoms with Crippen molar-refractivity contribution in [2.24, 2.45) is 0 Å². The summed E-state index contributed by atoms with van der Waals surface area (Å²) >= 11 is 0. The molecule has 1 saturated heterocycles. The van der Waals surface area contributed by atoms with Crippen molar-refractivity contribution in [2.75, 3.05) is 6.61 Å². The average Bonchev–Trinajstić information content (AvgIpc) is 3.04. The van der Waals surface area contributed by atoms with Crippen molar-refractivity contribution in [3.05, 3.63) is 156 Å². The van der Waals surface area contributed by atoms with Gasteiger partial charge in [0.05, 0.1) is 33.0 Å². The molecule has 0 spiro atoms. The zero-order valence-corrected chi connectivity index (χ0v) is 23.3. The maximum absolute atomic E-state index is 6.66. The van der Waals surface area contributed by atoms with E-state index in [0.717, 1.165) is 22.3 Å². The third kappa shape index (κ3) is 8.46. The summed E-state index contributed by atoms with van der Waals surface area (Å²) in [6.45, 7) is 6.16. The molecule has 0 N–H and O–H groups in total. The van der Waals surface area contributed by atoms with E-state index in [1.807, 2.05) is 72.8 Å². The summed E-state index contributed by atoms with van der Waals surface area (Å²) in [7, 11) is 0. The minimum Gasteiger partial charge on any atom is -0.374 e. The van der Waals surface area contributed by atoms with Gasteiger partial charge in [-0.25, -0.2) is 0 Å². The minimum atomic E-state index is -0.438. The topological polar surface area (TPSA) is 46.2 Å². The van der Waals surface area contributed by atoms with Gasteiger partial charge < -0.3 is 23.7 Å². The summed E-state index contributed by atoms with van der Waals surface area (Å²) in [5.41, 5.74) is 4.33. The number of rotatable bonds is 14. The molecule has 5 heteroatoms. The van der Waals surface area contributed by atoms with Gasteiger partial charge in [-0.05, 0) is 22.3 Å². The third-order valence-electron chi connectivity index (χ3n) is 7.15. The normalized spacial score (nSPS) is 22.3. The molecule has 4 aromatic carbocycles. The van der Waals surface area contributed by atoms with Gasteiger partial charge >= 0.3 is 0 Å². The first-order valence-electron chi connectivity index (χ1n) is 14.2. The fourth-order valence-corrected chi connectivity index (χ4v) is 5.01. The Hall–Kier alpha value is -3.58. The molecule has 0 saturated carbocycles. The quantitative estimate of drug-likeness (QED) is 0.160. The molecule has 4 aromatic rings. The molecule has 1 aliphatic heterocycles. The maximum atomic E-state index is 6.66. The minimum absolute atomic E-state index is 0.343. The molecular formula is C36H38O5. The van der Waals surface area contributed by atoms with E-state index in [4.69, 9.17) is 23.7 Å². The van der Waals surface area contributed by atoms with Crippen molar-refractivity contribution >= 4 is 0 Å². The zero-order chi connectivity index (χ0) is 28.1. The lowest BCUT2D eigenvalue weighted by atomic mass is 9.94. The molecule has 212 valence electrons. The second-order valence-corrected chi connectivity index (χ2v) is 10.2. The summed E-state index contributed by atoms with van der Waals surface area (Å²) in [6.07, 6.45) is -0.283. The van der Waals surface area contributed by atoms with Crippen molar-refractivity contribution in [3.8, 4) is 0 Å². The van der Waals surface area contributed by atoms with E-state index in [1.54, 1.807) is 6.08 Å². The van der Waals surface area contributed by atoms with Gasteiger partial charge in [0.2, 0.25) is 0 Å². The number of benzene rings is 4. The first kappa shape index (κ1) is 28.9. The molecule has 41 heavy (non-hydrogen) atoms. The predicted octanol–water partition coefficient (Wildman–Crippen LogP) is 6.91. The van der Waals surface area contributed by atoms with Gasteiger partial charge in [-0.1, -0.05) is 127 Å². The molecule has 0 aromatic heterocycles. The molecule has 0 amide bonds. The molecule has 0 radical (unpaired) electrons. The van der Waals surface area contributed by atoms with Crippen LogP contribution in [0.2, 0.25) is 0 Å². The molecule has 0 bridgehead atoms. The molecular weight excluding hydrogens is 512 g/mol. The van der Waals surface area contributed by atoms with Crippen LogP contribution in [0.25, 0.3) is 0 Å². The Morgan fingerprint density at radius 3 is 1.34 bits per heavy atom. The molecule has 5 atom stereocenters. The molecule has 5 rings (SSSR count). The van der Waals surface area contributed by atoms with Crippen LogP contribution in [0.1, 0.15) is 22.3 Å². The van der Waals surface area contributed by atoms with Gasteiger partial charge in [0, 0.05) is 0 Å². The highest BCUT2D eigenvalue weighted by Gasteiger charge is 2.47. The first-order chi connectivity index (χ1) is 20.3. The van der Waals surface area contributed by atoms with E-state index in [9.17, 15) is 0 Å². The molecule has 5 nitrogen and oxygen atoms in total. The Bertz CT molecular complexity index is 1280. The van der Waals surface area contributed by atoms with Gasteiger partial charge in [0.1, 0.15) is 30.5 Å². The second-order valence-electron chi connectivity index (χ2n) is 10.2.